The van der Waals surface area contributed by atoms with Crippen molar-refractivity contribution >= 4 is 45.0 Å². The lowest BCUT2D eigenvalue weighted by atomic mass is 9.94. The monoisotopic (exact) mass is 535 g/mol. The van der Waals surface area contributed by atoms with Crippen molar-refractivity contribution < 1.29 is 29.3 Å². The third-order valence-corrected chi connectivity index (χ3v) is 6.77. The molecule has 1 fully saturated rings. The molecule has 0 bridgehead atoms. The van der Waals surface area contributed by atoms with Crippen molar-refractivity contribution in [2.24, 2.45) is 0 Å². The minimum Gasteiger partial charge on any atom is -0.507 e. The number of hydrogen-bond acceptors (Lipinski definition) is 5. The quantitative estimate of drug-likeness (QED) is 0.261. The fraction of sp³-hybridized carbons (Fsp3) is 0.148. The molecule has 0 aliphatic carbocycles. The molecule has 178 valence electrons. The first-order chi connectivity index (χ1) is 16.7. The van der Waals surface area contributed by atoms with Gasteiger partial charge in [-0.3, -0.25) is 19.3 Å². The van der Waals surface area contributed by atoms with Gasteiger partial charge < -0.3 is 14.9 Å². The summed E-state index contributed by atoms with van der Waals surface area (Å²) >= 11 is 3.43. The number of aliphatic hydroxyl groups is 1. The number of methoxy groups -OCH3 is 1. The van der Waals surface area contributed by atoms with Crippen LogP contribution >= 0.6 is 15.9 Å². The summed E-state index contributed by atoms with van der Waals surface area (Å²) in [4.78, 5) is 39.0. The minimum atomic E-state index is -0.975. The van der Waals surface area contributed by atoms with E-state index in [1.165, 1.54) is 12.0 Å². The van der Waals surface area contributed by atoms with Crippen molar-refractivity contribution in [3.05, 3.63) is 99.0 Å². The molecule has 0 saturated carbocycles. The molecule has 1 atom stereocenters. The van der Waals surface area contributed by atoms with Crippen molar-refractivity contribution in [2.45, 2.75) is 19.4 Å². The van der Waals surface area contributed by atoms with Crippen LogP contribution < -0.4 is 9.64 Å². The van der Waals surface area contributed by atoms with E-state index in [-0.39, 0.29) is 17.8 Å². The van der Waals surface area contributed by atoms with E-state index in [0.717, 1.165) is 10.0 Å². The number of ketones is 1. The predicted octanol–water partition coefficient (Wildman–Crippen LogP) is 5.02. The van der Waals surface area contributed by atoms with Gasteiger partial charge in [0.15, 0.2) is 0 Å². The molecule has 0 aromatic heterocycles. The Hall–Kier alpha value is -3.91. The summed E-state index contributed by atoms with van der Waals surface area (Å²) in [5.74, 6) is -2.45. The first-order valence-corrected chi connectivity index (χ1v) is 11.5. The first-order valence-electron chi connectivity index (χ1n) is 10.7. The van der Waals surface area contributed by atoms with Crippen molar-refractivity contribution in [1.29, 1.82) is 0 Å². The molecule has 7 nitrogen and oxygen atoms in total. The van der Waals surface area contributed by atoms with Gasteiger partial charge in [-0.2, -0.15) is 0 Å². The average Bonchev–Trinajstić information content (AvgIpc) is 3.10. The van der Waals surface area contributed by atoms with E-state index >= 15 is 0 Å². The van der Waals surface area contributed by atoms with Gasteiger partial charge in [0.1, 0.15) is 11.5 Å². The number of benzene rings is 3. The molecule has 3 aromatic rings. The molecule has 1 aliphatic heterocycles. The molecule has 1 unspecified atom stereocenters. The minimum absolute atomic E-state index is 0.0594. The van der Waals surface area contributed by atoms with Crippen LogP contribution in [0.3, 0.4) is 0 Å². The normalized spacial score (nSPS) is 17.0. The lowest BCUT2D eigenvalue weighted by Crippen LogP contribution is -2.29. The number of nitrogens with zero attached hydrogens (tertiary/aromatic N) is 1. The van der Waals surface area contributed by atoms with E-state index in [2.05, 4.69) is 15.9 Å². The molecule has 3 aromatic carbocycles. The molecule has 0 spiro atoms. The van der Waals surface area contributed by atoms with Gasteiger partial charge in [-0.25, -0.2) is 0 Å². The van der Waals surface area contributed by atoms with Crippen LogP contribution in [0.2, 0.25) is 0 Å². The molecule has 1 amide bonds. The molecule has 0 radical (unpaired) electrons. The number of Topliss-reactive ketones (excluding diaryl/α,β-unsaturated/α-hetero) is 1. The Balaban J connectivity index is 1.92. The summed E-state index contributed by atoms with van der Waals surface area (Å²) in [5, 5.41) is 20.3. The van der Waals surface area contributed by atoms with Gasteiger partial charge in [0, 0.05) is 21.3 Å². The number of aryl methyl sites for hydroxylation is 1. The number of ether oxygens (including phenoxy) is 1. The highest BCUT2D eigenvalue weighted by Crippen LogP contribution is 2.45. The number of halogens is 1. The molecule has 35 heavy (non-hydrogen) atoms. The standard InChI is InChI=1S/C27H22BrNO6/c1-15-13-17(9-12-20(15)28)25(32)23-24(19-5-3-4-6-21(19)35-2)29(27(34)26(23)33)18-10-7-16(8-11-18)14-22(30)31/h3-13,24,32H,14H2,1-2H3,(H,30,31)/b25-23+. The number of amides is 1. The van der Waals surface area contributed by atoms with Crippen LogP contribution in [0.15, 0.2) is 76.8 Å². The molecule has 2 N–H and O–H groups in total. The number of carboxylic acid groups (broad SMARTS) is 1. The van der Waals surface area contributed by atoms with E-state index in [0.29, 0.717) is 28.1 Å². The molecule has 8 heteroatoms. The first kappa shape index (κ1) is 24.2. The number of aliphatic carboxylic acids is 1. The van der Waals surface area contributed by atoms with Gasteiger partial charge in [-0.15, -0.1) is 0 Å². The van der Waals surface area contributed by atoms with Gasteiger partial charge >= 0.3 is 5.97 Å². The molecule has 1 heterocycles. The van der Waals surface area contributed by atoms with Gasteiger partial charge in [-0.05, 0) is 48.4 Å². The zero-order valence-corrected chi connectivity index (χ0v) is 20.6. The summed E-state index contributed by atoms with van der Waals surface area (Å²) < 4.78 is 6.36. The number of carboxylic acids is 1. The van der Waals surface area contributed by atoms with E-state index < -0.39 is 23.7 Å². The second-order valence-electron chi connectivity index (χ2n) is 8.11. The Morgan fingerprint density at radius 3 is 2.34 bits per heavy atom. The van der Waals surface area contributed by atoms with Crippen LogP contribution in [0.25, 0.3) is 5.76 Å². The Bertz CT molecular complexity index is 1360. The molecule has 1 saturated heterocycles. The SMILES string of the molecule is COc1ccccc1C1/C(=C(\O)c2ccc(Br)c(C)c2)C(=O)C(=O)N1c1ccc(CC(=O)O)cc1. The van der Waals surface area contributed by atoms with Gasteiger partial charge in [0.05, 0.1) is 25.1 Å². The van der Waals surface area contributed by atoms with Crippen LogP contribution in [0.5, 0.6) is 5.75 Å². The summed E-state index contributed by atoms with van der Waals surface area (Å²) in [6.45, 7) is 1.86. The summed E-state index contributed by atoms with van der Waals surface area (Å²) in [5.41, 5.74) is 2.67. The Labute approximate surface area is 210 Å². The lowest BCUT2D eigenvalue weighted by Gasteiger charge is -2.26. The maximum absolute atomic E-state index is 13.3. The van der Waals surface area contributed by atoms with Gasteiger partial charge in [0.25, 0.3) is 11.7 Å². The van der Waals surface area contributed by atoms with E-state index in [4.69, 9.17) is 9.84 Å². The van der Waals surface area contributed by atoms with Crippen molar-refractivity contribution in [2.75, 3.05) is 12.0 Å². The number of rotatable bonds is 6. The number of hydrogen-bond donors (Lipinski definition) is 2. The maximum atomic E-state index is 13.3. The van der Waals surface area contributed by atoms with Gasteiger partial charge in [-0.1, -0.05) is 52.3 Å². The number of para-hydroxylation sites is 1. The van der Waals surface area contributed by atoms with E-state index in [9.17, 15) is 19.5 Å². The van der Waals surface area contributed by atoms with Crippen molar-refractivity contribution in [3.8, 4) is 5.75 Å². The van der Waals surface area contributed by atoms with Gasteiger partial charge in [0.2, 0.25) is 0 Å². The Morgan fingerprint density at radius 2 is 1.71 bits per heavy atom. The Kier molecular flexibility index (Phi) is 6.75. The number of aliphatic hydroxyl groups excluding tert-OH is 1. The topological polar surface area (TPSA) is 104 Å². The highest BCUT2D eigenvalue weighted by molar-refractivity contribution is 9.10. The number of carbonyl (C=O) groups excluding carboxylic acids is 2. The molecule has 4 rings (SSSR count). The molecule has 1 aliphatic rings. The maximum Gasteiger partial charge on any atom is 0.307 e. The molecular weight excluding hydrogens is 514 g/mol. The second kappa shape index (κ2) is 9.76. The summed E-state index contributed by atoms with van der Waals surface area (Å²) in [6.07, 6.45) is -0.169. The van der Waals surface area contributed by atoms with E-state index in [1.807, 2.05) is 6.92 Å². The summed E-state index contributed by atoms with van der Waals surface area (Å²) in [6, 6.07) is 17.6. The average molecular weight is 536 g/mol. The number of anilines is 1. The van der Waals surface area contributed by atoms with Crippen LogP contribution in [-0.4, -0.2) is 35.0 Å². The predicted molar refractivity (Wildman–Crippen MR) is 134 cm³/mol. The van der Waals surface area contributed by atoms with Crippen LogP contribution in [0.4, 0.5) is 5.69 Å². The van der Waals surface area contributed by atoms with Crippen LogP contribution in [0, 0.1) is 6.92 Å². The van der Waals surface area contributed by atoms with Crippen LogP contribution in [-0.2, 0) is 20.8 Å². The fourth-order valence-electron chi connectivity index (χ4n) is 4.18. The highest BCUT2D eigenvalue weighted by Gasteiger charge is 2.47. The third kappa shape index (κ3) is 4.57. The van der Waals surface area contributed by atoms with E-state index in [1.54, 1.807) is 66.7 Å². The smallest absolute Gasteiger partial charge is 0.307 e. The number of carbonyl (C=O) groups is 3. The second-order valence-corrected chi connectivity index (χ2v) is 8.97. The Morgan fingerprint density at radius 1 is 1.03 bits per heavy atom. The largest absolute Gasteiger partial charge is 0.507 e. The van der Waals surface area contributed by atoms with Crippen LogP contribution in [0.1, 0.15) is 28.3 Å². The van der Waals surface area contributed by atoms with Crippen molar-refractivity contribution in [1.82, 2.24) is 0 Å². The summed E-state index contributed by atoms with van der Waals surface area (Å²) in [7, 11) is 1.49. The van der Waals surface area contributed by atoms with Crippen molar-refractivity contribution in [3.63, 3.8) is 0 Å². The lowest BCUT2D eigenvalue weighted by molar-refractivity contribution is -0.136. The third-order valence-electron chi connectivity index (χ3n) is 5.88. The zero-order valence-electron chi connectivity index (χ0n) is 19.0. The fourth-order valence-corrected chi connectivity index (χ4v) is 4.43. The zero-order chi connectivity index (χ0) is 25.3. The molecular formula is C27H22BrNO6. The highest BCUT2D eigenvalue weighted by atomic mass is 79.9.